The first kappa shape index (κ1) is 18.4. The van der Waals surface area contributed by atoms with Gasteiger partial charge in [-0.25, -0.2) is 0 Å². The number of hydrogen-bond acceptors (Lipinski definition) is 2. The van der Waals surface area contributed by atoms with Crippen LogP contribution >= 0.6 is 12.2 Å². The van der Waals surface area contributed by atoms with Crippen molar-refractivity contribution in [1.82, 2.24) is 0 Å². The van der Waals surface area contributed by atoms with E-state index in [-0.39, 0.29) is 10.8 Å². The van der Waals surface area contributed by atoms with Crippen LogP contribution < -0.4 is 9.30 Å². The van der Waals surface area contributed by atoms with Crippen LogP contribution in [0.1, 0.15) is 11.1 Å². The van der Waals surface area contributed by atoms with Gasteiger partial charge in [0.25, 0.3) is 0 Å². The van der Waals surface area contributed by atoms with Gasteiger partial charge in [0.1, 0.15) is 12.8 Å². The molecule has 0 aliphatic carbocycles. The van der Waals surface area contributed by atoms with E-state index in [9.17, 15) is 13.2 Å². The summed E-state index contributed by atoms with van der Waals surface area (Å²) in [6, 6.07) is 20.2. The molecule has 1 heterocycles. The predicted octanol–water partition coefficient (Wildman–Crippen LogP) is 5.59. The van der Waals surface area contributed by atoms with E-state index < -0.39 is 11.7 Å². The summed E-state index contributed by atoms with van der Waals surface area (Å²) in [4.78, 5) is 0. The first-order valence-electron chi connectivity index (χ1n) is 8.55. The maximum absolute atomic E-state index is 12.8. The van der Waals surface area contributed by atoms with Gasteiger partial charge < -0.3 is 4.74 Å². The van der Waals surface area contributed by atoms with Crippen LogP contribution in [0.3, 0.4) is 0 Å². The normalized spacial score (nSPS) is 11.7. The van der Waals surface area contributed by atoms with Gasteiger partial charge in [-0.2, -0.15) is 17.7 Å². The van der Waals surface area contributed by atoms with Crippen molar-refractivity contribution in [2.24, 2.45) is 7.05 Å². The number of fused-ring (bicyclic) bond motifs is 2. The molecule has 0 N–H and O–H groups in total. The maximum Gasteiger partial charge on any atom is 0.416 e. The Morgan fingerprint density at radius 1 is 0.821 bits per heavy atom. The molecule has 0 spiro atoms. The van der Waals surface area contributed by atoms with Crippen molar-refractivity contribution in [2.45, 2.75) is 6.18 Å². The van der Waals surface area contributed by atoms with E-state index in [0.29, 0.717) is 0 Å². The van der Waals surface area contributed by atoms with Gasteiger partial charge in [0.05, 0.1) is 21.9 Å². The third-order valence-electron chi connectivity index (χ3n) is 4.67. The highest BCUT2D eigenvalue weighted by molar-refractivity contribution is 7.80. The number of nitrogens with zero attached hydrogens (tertiary/aromatic N) is 1. The van der Waals surface area contributed by atoms with Crippen LogP contribution in [0.4, 0.5) is 13.2 Å². The van der Waals surface area contributed by atoms with Crippen LogP contribution in [-0.4, -0.2) is 5.05 Å². The molecule has 28 heavy (non-hydrogen) atoms. The molecule has 0 aliphatic heterocycles. The van der Waals surface area contributed by atoms with E-state index in [0.717, 1.165) is 39.5 Å². The predicted molar refractivity (Wildman–Crippen MR) is 106 cm³/mol. The third-order valence-corrected chi connectivity index (χ3v) is 4.95. The number of alkyl halides is 3. The zero-order valence-electron chi connectivity index (χ0n) is 14.8. The van der Waals surface area contributed by atoms with Crippen molar-refractivity contribution in [2.75, 3.05) is 0 Å². The number of aromatic nitrogens is 1. The van der Waals surface area contributed by atoms with E-state index in [1.54, 1.807) is 0 Å². The number of ether oxygens (including phenoxy) is 1. The maximum atomic E-state index is 12.8. The number of hydrogen-bond donors (Lipinski definition) is 0. The van der Waals surface area contributed by atoms with E-state index >= 15 is 0 Å². The molecule has 0 saturated carbocycles. The molecular weight excluding hydrogens is 383 g/mol. The summed E-state index contributed by atoms with van der Waals surface area (Å²) in [6.45, 7) is 0. The monoisotopic (exact) mass is 398 g/mol. The van der Waals surface area contributed by atoms with Gasteiger partial charge >= 0.3 is 6.18 Å². The van der Waals surface area contributed by atoms with Crippen molar-refractivity contribution < 1.29 is 22.5 Å². The van der Waals surface area contributed by atoms with Crippen molar-refractivity contribution in [3.63, 3.8) is 0 Å². The molecule has 4 aromatic rings. The molecule has 0 fully saturated rings. The van der Waals surface area contributed by atoms with Crippen LogP contribution in [0.15, 0.2) is 72.8 Å². The van der Waals surface area contributed by atoms with E-state index in [2.05, 4.69) is 4.57 Å². The number of aryl methyl sites for hydroxylation is 1. The minimum atomic E-state index is -4.39. The Bertz CT molecular complexity index is 1140. The van der Waals surface area contributed by atoms with Gasteiger partial charge in [0.15, 0.2) is 5.05 Å². The molecule has 0 saturated heterocycles. The average molecular weight is 398 g/mol. The zero-order valence-corrected chi connectivity index (χ0v) is 15.6. The molecule has 6 heteroatoms. The summed E-state index contributed by atoms with van der Waals surface area (Å²) in [5.74, 6) is 0.263. The molecule has 3 aromatic carbocycles. The Labute approximate surface area is 164 Å². The Morgan fingerprint density at radius 2 is 1.32 bits per heavy atom. The molecule has 0 radical (unpaired) electrons. The highest BCUT2D eigenvalue weighted by Gasteiger charge is 2.30. The molecule has 0 unspecified atom stereocenters. The number of para-hydroxylation sites is 2. The second-order valence-corrected chi connectivity index (χ2v) is 6.75. The molecule has 2 nitrogen and oxygen atoms in total. The summed E-state index contributed by atoms with van der Waals surface area (Å²) in [5, 5.41) is 2.05. The highest BCUT2D eigenvalue weighted by atomic mass is 32.1. The third kappa shape index (κ3) is 3.20. The summed E-state index contributed by atoms with van der Waals surface area (Å²) in [7, 11) is 1.98. The van der Waals surface area contributed by atoms with Gasteiger partial charge in [-0.15, -0.1) is 0 Å². The number of halogens is 3. The molecule has 1 aromatic heterocycles. The molecule has 0 bridgehead atoms. The Balaban J connectivity index is 1.82. The van der Waals surface area contributed by atoms with E-state index in [4.69, 9.17) is 17.0 Å². The van der Waals surface area contributed by atoms with Crippen LogP contribution in [0.2, 0.25) is 0 Å². The van der Waals surface area contributed by atoms with Crippen LogP contribution in [0, 0.1) is 0 Å². The highest BCUT2D eigenvalue weighted by Crippen LogP contribution is 2.31. The lowest BCUT2D eigenvalue weighted by molar-refractivity contribution is -0.617. The Kier molecular flexibility index (Phi) is 4.51. The van der Waals surface area contributed by atoms with Gasteiger partial charge in [-0.3, -0.25) is 0 Å². The van der Waals surface area contributed by atoms with Crippen LogP contribution in [0.5, 0.6) is 5.75 Å². The first-order valence-corrected chi connectivity index (χ1v) is 8.96. The second-order valence-electron chi connectivity index (χ2n) is 6.38. The number of thiocarbonyl (C=S) groups is 1. The summed E-state index contributed by atoms with van der Waals surface area (Å²) < 4.78 is 46.2. The second kappa shape index (κ2) is 6.87. The molecule has 4 rings (SSSR count). The standard InChI is InChI=1S/C22H15F3NOS/c1-26-18-8-4-2-6-16(18)20(17-7-3-5-9-19(17)26)21(28)27-15-12-10-14(11-13-15)22(23,24)25/h2-13H,1H3/q+1. The molecule has 0 amide bonds. The van der Waals surface area contributed by atoms with Gasteiger partial charge in [-0.1, -0.05) is 24.3 Å². The van der Waals surface area contributed by atoms with Gasteiger partial charge in [0, 0.05) is 12.1 Å². The fourth-order valence-corrected chi connectivity index (χ4v) is 3.64. The van der Waals surface area contributed by atoms with Gasteiger partial charge in [0.2, 0.25) is 11.0 Å². The van der Waals surface area contributed by atoms with Crippen molar-refractivity contribution in [1.29, 1.82) is 0 Å². The molecule has 0 aliphatic rings. The van der Waals surface area contributed by atoms with Crippen molar-refractivity contribution >= 4 is 39.1 Å². The fraction of sp³-hybridized carbons (Fsp3) is 0.0909. The summed E-state index contributed by atoms with van der Waals surface area (Å²) >= 11 is 5.55. The lowest BCUT2D eigenvalue weighted by atomic mass is 10.0. The zero-order chi connectivity index (χ0) is 19.9. The molecule has 140 valence electrons. The number of benzene rings is 3. The fourth-order valence-electron chi connectivity index (χ4n) is 3.32. The lowest BCUT2D eigenvalue weighted by Crippen LogP contribution is -2.31. The van der Waals surface area contributed by atoms with Crippen molar-refractivity contribution in [3.05, 3.63) is 83.9 Å². The van der Waals surface area contributed by atoms with Crippen LogP contribution in [-0.2, 0) is 13.2 Å². The number of rotatable bonds is 2. The molecule has 0 atom stereocenters. The topological polar surface area (TPSA) is 13.1 Å². The largest absolute Gasteiger partial charge is 0.445 e. The Hall–Kier alpha value is -2.99. The van der Waals surface area contributed by atoms with E-state index in [1.165, 1.54) is 12.1 Å². The average Bonchev–Trinajstić information content (AvgIpc) is 2.68. The van der Waals surface area contributed by atoms with Crippen molar-refractivity contribution in [3.8, 4) is 5.75 Å². The summed E-state index contributed by atoms with van der Waals surface area (Å²) in [5.41, 5.74) is 1.98. The SMILES string of the molecule is C[n+]1c2ccccc2c(C(=S)Oc2ccc(C(F)(F)F)cc2)c2ccccc21. The number of pyridine rings is 1. The minimum Gasteiger partial charge on any atom is -0.445 e. The quantitative estimate of drug-likeness (QED) is 0.248. The van der Waals surface area contributed by atoms with Crippen LogP contribution in [0.25, 0.3) is 21.8 Å². The summed E-state index contributed by atoms with van der Waals surface area (Å²) in [6.07, 6.45) is -4.39. The smallest absolute Gasteiger partial charge is 0.416 e. The van der Waals surface area contributed by atoms with Gasteiger partial charge in [-0.05, 0) is 48.6 Å². The lowest BCUT2D eigenvalue weighted by Gasteiger charge is -2.13. The molecular formula is C22H15F3NOS+. The Morgan fingerprint density at radius 3 is 1.82 bits per heavy atom. The first-order chi connectivity index (χ1) is 13.4. The van der Waals surface area contributed by atoms with E-state index in [1.807, 2.05) is 55.6 Å². The minimum absolute atomic E-state index is 0.216.